The average Bonchev–Trinajstić information content (AvgIpc) is 3.25. The second-order valence-corrected chi connectivity index (χ2v) is 5.76. The van der Waals surface area contributed by atoms with E-state index in [2.05, 4.69) is 25.9 Å². The molecule has 110 valence electrons. The van der Waals surface area contributed by atoms with Crippen molar-refractivity contribution in [3.63, 3.8) is 0 Å². The first-order chi connectivity index (χ1) is 9.86. The van der Waals surface area contributed by atoms with Gasteiger partial charge in [-0.05, 0) is 40.9 Å². The molecule has 3 nitrogen and oxygen atoms in total. The van der Waals surface area contributed by atoms with E-state index in [1.54, 1.807) is 0 Å². The van der Waals surface area contributed by atoms with E-state index in [4.69, 9.17) is 0 Å². The highest BCUT2D eigenvalue weighted by Gasteiger charge is 2.31. The Balaban J connectivity index is 2.02. The minimum atomic E-state index is -4.38. The van der Waals surface area contributed by atoms with Gasteiger partial charge in [0, 0.05) is 11.5 Å². The van der Waals surface area contributed by atoms with Crippen molar-refractivity contribution < 1.29 is 13.2 Å². The molecule has 0 amide bonds. The molecule has 1 aromatic carbocycles. The van der Waals surface area contributed by atoms with Crippen molar-refractivity contribution >= 4 is 15.9 Å². The summed E-state index contributed by atoms with van der Waals surface area (Å²) >= 11 is 3.21. The van der Waals surface area contributed by atoms with Crippen LogP contribution in [-0.4, -0.2) is 9.97 Å². The number of hydrogen-bond acceptors (Lipinski definition) is 2. The fourth-order valence-corrected chi connectivity index (χ4v) is 2.57. The number of rotatable bonds is 2. The molecular formula is C14H10BrF3N2O. The lowest BCUT2D eigenvalue weighted by atomic mass is 10.1. The molecule has 0 atom stereocenters. The van der Waals surface area contributed by atoms with Gasteiger partial charge in [-0.3, -0.25) is 4.79 Å². The Morgan fingerprint density at radius 3 is 2.33 bits per heavy atom. The number of aromatic nitrogens is 2. The van der Waals surface area contributed by atoms with Gasteiger partial charge in [0.25, 0.3) is 5.56 Å². The molecule has 1 aromatic heterocycles. The summed E-state index contributed by atoms with van der Waals surface area (Å²) in [6.07, 6.45) is -2.43. The monoisotopic (exact) mass is 358 g/mol. The largest absolute Gasteiger partial charge is 0.416 e. The van der Waals surface area contributed by atoms with Crippen molar-refractivity contribution in [3.05, 3.63) is 50.3 Å². The third kappa shape index (κ3) is 2.88. The second kappa shape index (κ2) is 4.98. The van der Waals surface area contributed by atoms with Crippen LogP contribution in [0.4, 0.5) is 13.2 Å². The zero-order valence-electron chi connectivity index (χ0n) is 10.7. The zero-order valence-corrected chi connectivity index (χ0v) is 12.3. The maximum absolute atomic E-state index is 12.5. The third-order valence-electron chi connectivity index (χ3n) is 3.34. The van der Waals surface area contributed by atoms with E-state index < -0.39 is 11.7 Å². The van der Waals surface area contributed by atoms with Gasteiger partial charge in [0.1, 0.15) is 10.3 Å². The van der Waals surface area contributed by atoms with Crippen LogP contribution >= 0.6 is 15.9 Å². The fourth-order valence-electron chi connectivity index (χ4n) is 2.06. The summed E-state index contributed by atoms with van der Waals surface area (Å²) in [6.45, 7) is 0. The van der Waals surface area contributed by atoms with Gasteiger partial charge in [0.2, 0.25) is 0 Å². The molecule has 1 aliphatic rings. The molecule has 0 spiro atoms. The molecule has 21 heavy (non-hydrogen) atoms. The summed E-state index contributed by atoms with van der Waals surface area (Å²) in [5.41, 5.74) is 0.0815. The lowest BCUT2D eigenvalue weighted by Crippen LogP contribution is -2.13. The van der Waals surface area contributed by atoms with Crippen LogP contribution < -0.4 is 5.56 Å². The first-order valence-electron chi connectivity index (χ1n) is 6.33. The standard InChI is InChI=1S/C14H10BrF3N2O/c15-10-11(7-1-2-7)19-12(20-13(10)21)8-3-5-9(6-4-8)14(16,17)18/h3-7H,1-2H2,(H,19,20,21). The van der Waals surface area contributed by atoms with Crippen LogP contribution in [0.2, 0.25) is 0 Å². The first kappa shape index (κ1) is 14.3. The molecule has 1 aliphatic carbocycles. The summed E-state index contributed by atoms with van der Waals surface area (Å²) in [5, 5.41) is 0. The van der Waals surface area contributed by atoms with E-state index in [0.29, 0.717) is 21.6 Å². The van der Waals surface area contributed by atoms with Gasteiger partial charge in [0.15, 0.2) is 0 Å². The minimum absolute atomic E-state index is 0.259. The molecule has 0 unspecified atom stereocenters. The molecule has 3 rings (SSSR count). The molecule has 1 heterocycles. The Morgan fingerprint density at radius 1 is 1.19 bits per heavy atom. The number of benzene rings is 1. The maximum atomic E-state index is 12.5. The Hall–Kier alpha value is -1.63. The van der Waals surface area contributed by atoms with Crippen molar-refractivity contribution in [1.82, 2.24) is 9.97 Å². The predicted molar refractivity (Wildman–Crippen MR) is 75.0 cm³/mol. The smallest absolute Gasteiger partial charge is 0.306 e. The highest BCUT2D eigenvalue weighted by molar-refractivity contribution is 9.10. The van der Waals surface area contributed by atoms with E-state index in [-0.39, 0.29) is 11.5 Å². The summed E-state index contributed by atoms with van der Waals surface area (Å²) in [7, 11) is 0. The molecule has 0 saturated heterocycles. The lowest BCUT2D eigenvalue weighted by Gasteiger charge is -2.08. The molecule has 1 N–H and O–H groups in total. The van der Waals surface area contributed by atoms with Gasteiger partial charge >= 0.3 is 6.18 Å². The van der Waals surface area contributed by atoms with Gasteiger partial charge in [0.05, 0.1) is 11.3 Å². The molecule has 0 aliphatic heterocycles. The quantitative estimate of drug-likeness (QED) is 0.878. The van der Waals surface area contributed by atoms with Crippen LogP contribution in [0.25, 0.3) is 11.4 Å². The normalized spacial score (nSPS) is 15.2. The Labute approximate surface area is 126 Å². The van der Waals surface area contributed by atoms with Crippen LogP contribution in [-0.2, 0) is 6.18 Å². The molecule has 7 heteroatoms. The SMILES string of the molecule is O=c1[nH]c(-c2ccc(C(F)(F)F)cc2)nc(C2CC2)c1Br. The van der Waals surface area contributed by atoms with Gasteiger partial charge < -0.3 is 4.98 Å². The molecule has 0 radical (unpaired) electrons. The Morgan fingerprint density at radius 2 is 1.81 bits per heavy atom. The van der Waals surface area contributed by atoms with Crippen LogP contribution in [0.15, 0.2) is 33.5 Å². The van der Waals surface area contributed by atoms with E-state index in [9.17, 15) is 18.0 Å². The molecule has 1 fully saturated rings. The highest BCUT2D eigenvalue weighted by Crippen LogP contribution is 2.41. The average molecular weight is 359 g/mol. The van der Waals surface area contributed by atoms with Crippen LogP contribution in [0, 0.1) is 0 Å². The first-order valence-corrected chi connectivity index (χ1v) is 7.13. The van der Waals surface area contributed by atoms with Crippen LogP contribution in [0.1, 0.15) is 30.0 Å². The van der Waals surface area contributed by atoms with E-state index >= 15 is 0 Å². The number of aromatic amines is 1. The van der Waals surface area contributed by atoms with Crippen LogP contribution in [0.3, 0.4) is 0 Å². The minimum Gasteiger partial charge on any atom is -0.306 e. The topological polar surface area (TPSA) is 45.8 Å². The summed E-state index contributed by atoms with van der Waals surface area (Å²) in [5.74, 6) is 0.550. The van der Waals surface area contributed by atoms with Crippen molar-refractivity contribution in [2.24, 2.45) is 0 Å². The van der Waals surface area contributed by atoms with Crippen molar-refractivity contribution in [2.45, 2.75) is 24.9 Å². The van der Waals surface area contributed by atoms with E-state index in [1.165, 1.54) is 12.1 Å². The number of nitrogens with zero attached hydrogens (tertiary/aromatic N) is 1. The van der Waals surface area contributed by atoms with Gasteiger partial charge in [-0.1, -0.05) is 12.1 Å². The lowest BCUT2D eigenvalue weighted by molar-refractivity contribution is -0.137. The van der Waals surface area contributed by atoms with Crippen molar-refractivity contribution in [1.29, 1.82) is 0 Å². The van der Waals surface area contributed by atoms with Crippen LogP contribution in [0.5, 0.6) is 0 Å². The third-order valence-corrected chi connectivity index (χ3v) is 4.10. The predicted octanol–water partition coefficient (Wildman–Crippen LogP) is 4.10. The summed E-state index contributed by atoms with van der Waals surface area (Å²) in [4.78, 5) is 18.8. The van der Waals surface area contributed by atoms with Crippen molar-refractivity contribution in [3.8, 4) is 11.4 Å². The number of halogens is 4. The second-order valence-electron chi connectivity index (χ2n) is 4.96. The zero-order chi connectivity index (χ0) is 15.2. The fraction of sp³-hybridized carbons (Fsp3) is 0.286. The molecule has 2 aromatic rings. The van der Waals surface area contributed by atoms with Gasteiger partial charge in [-0.15, -0.1) is 0 Å². The maximum Gasteiger partial charge on any atom is 0.416 e. The molecular weight excluding hydrogens is 349 g/mol. The van der Waals surface area contributed by atoms with E-state index in [0.717, 1.165) is 25.0 Å². The number of alkyl halides is 3. The number of H-pyrrole nitrogens is 1. The molecule has 0 bridgehead atoms. The Kier molecular flexibility index (Phi) is 3.39. The van der Waals surface area contributed by atoms with Crippen molar-refractivity contribution in [2.75, 3.05) is 0 Å². The Bertz CT molecular complexity index is 733. The summed E-state index contributed by atoms with van der Waals surface area (Å²) in [6, 6.07) is 4.58. The van der Waals surface area contributed by atoms with Gasteiger partial charge in [-0.2, -0.15) is 13.2 Å². The molecule has 1 saturated carbocycles. The summed E-state index contributed by atoms with van der Waals surface area (Å²) < 4.78 is 38.0. The number of hydrogen-bond donors (Lipinski definition) is 1. The highest BCUT2D eigenvalue weighted by atomic mass is 79.9. The van der Waals surface area contributed by atoms with E-state index in [1.807, 2.05) is 0 Å². The van der Waals surface area contributed by atoms with Gasteiger partial charge in [-0.25, -0.2) is 4.98 Å². The number of nitrogens with one attached hydrogen (secondary N) is 1.